The van der Waals surface area contributed by atoms with Gasteiger partial charge in [-0.2, -0.15) is 8.75 Å². The standard InChI is InChI=1S/C24H12BrF2N3S/c25-20-22(27)21(26)19(23-24(20)29-31-28-23)13-9-11-14(12-10-13)30-17-7-3-1-5-15(17)16-6-2-4-8-18(16)30/h1-12H. The second kappa shape index (κ2) is 6.93. The maximum Gasteiger partial charge on any atom is 0.176 e. The Morgan fingerprint density at radius 3 is 1.94 bits per heavy atom. The number of para-hydroxylation sites is 2. The predicted octanol–water partition coefficient (Wildman–Crippen LogP) is 7.50. The molecular weight excluding hydrogens is 480 g/mol. The van der Waals surface area contributed by atoms with Crippen LogP contribution in [0.15, 0.2) is 77.3 Å². The predicted molar refractivity (Wildman–Crippen MR) is 125 cm³/mol. The average Bonchev–Trinajstić information content (AvgIpc) is 3.41. The van der Waals surface area contributed by atoms with Gasteiger partial charge in [-0.25, -0.2) is 8.78 Å². The van der Waals surface area contributed by atoms with Crippen molar-refractivity contribution in [2.45, 2.75) is 0 Å². The summed E-state index contributed by atoms with van der Waals surface area (Å²) in [6, 6.07) is 23.9. The summed E-state index contributed by atoms with van der Waals surface area (Å²) in [5.41, 5.74) is 4.45. The Bertz CT molecular complexity index is 1570. The lowest BCUT2D eigenvalue weighted by Gasteiger charge is -2.11. The van der Waals surface area contributed by atoms with E-state index in [1.807, 2.05) is 36.4 Å². The third kappa shape index (κ3) is 2.66. The molecule has 0 spiro atoms. The molecule has 0 bridgehead atoms. The Labute approximate surface area is 188 Å². The second-order valence-electron chi connectivity index (χ2n) is 7.19. The molecule has 0 aliphatic rings. The van der Waals surface area contributed by atoms with Crippen LogP contribution in [0.5, 0.6) is 0 Å². The molecule has 0 saturated heterocycles. The summed E-state index contributed by atoms with van der Waals surface area (Å²) >= 11 is 4.02. The average molecular weight is 492 g/mol. The van der Waals surface area contributed by atoms with Gasteiger partial charge in [-0.05, 0) is 45.8 Å². The van der Waals surface area contributed by atoms with Crippen molar-refractivity contribution in [3.63, 3.8) is 0 Å². The molecule has 0 saturated carbocycles. The van der Waals surface area contributed by atoms with Gasteiger partial charge < -0.3 is 4.57 Å². The molecule has 0 aliphatic heterocycles. The molecule has 0 N–H and O–H groups in total. The third-order valence-electron chi connectivity index (χ3n) is 5.53. The number of aromatic nitrogens is 3. The van der Waals surface area contributed by atoms with E-state index in [4.69, 9.17) is 0 Å². The lowest BCUT2D eigenvalue weighted by Crippen LogP contribution is -1.96. The molecule has 2 aromatic heterocycles. The molecule has 2 heterocycles. The zero-order chi connectivity index (χ0) is 21.1. The van der Waals surface area contributed by atoms with Crippen molar-refractivity contribution < 1.29 is 8.78 Å². The van der Waals surface area contributed by atoms with Gasteiger partial charge in [0.25, 0.3) is 0 Å². The van der Waals surface area contributed by atoms with E-state index in [-0.39, 0.29) is 10.0 Å². The Morgan fingerprint density at radius 1 is 0.710 bits per heavy atom. The monoisotopic (exact) mass is 491 g/mol. The first-order chi connectivity index (χ1) is 15.1. The summed E-state index contributed by atoms with van der Waals surface area (Å²) in [4.78, 5) is 0. The second-order valence-corrected chi connectivity index (χ2v) is 8.52. The number of halogens is 3. The molecule has 0 unspecified atom stereocenters. The molecule has 0 amide bonds. The lowest BCUT2D eigenvalue weighted by atomic mass is 10.0. The van der Waals surface area contributed by atoms with Gasteiger partial charge in [0.05, 0.1) is 27.2 Å². The van der Waals surface area contributed by atoms with E-state index in [0.717, 1.165) is 28.4 Å². The minimum absolute atomic E-state index is 0.000555. The fourth-order valence-corrected chi connectivity index (χ4v) is 5.28. The van der Waals surface area contributed by atoms with Crippen molar-refractivity contribution in [3.8, 4) is 16.8 Å². The fraction of sp³-hybridized carbons (Fsp3) is 0. The van der Waals surface area contributed by atoms with Gasteiger partial charge in [-0.15, -0.1) is 0 Å². The van der Waals surface area contributed by atoms with Crippen LogP contribution in [0.4, 0.5) is 8.78 Å². The minimum atomic E-state index is -0.957. The summed E-state index contributed by atoms with van der Waals surface area (Å²) in [5, 5.41) is 2.33. The fourth-order valence-electron chi connectivity index (χ4n) is 4.15. The Hall–Kier alpha value is -3.16. The Kier molecular flexibility index (Phi) is 4.16. The summed E-state index contributed by atoms with van der Waals surface area (Å²) in [6.45, 7) is 0. The molecule has 0 radical (unpaired) electrons. The topological polar surface area (TPSA) is 30.7 Å². The molecular formula is C24H12BrF2N3S. The van der Waals surface area contributed by atoms with E-state index in [2.05, 4.69) is 53.5 Å². The van der Waals surface area contributed by atoms with Gasteiger partial charge in [0.2, 0.25) is 0 Å². The summed E-state index contributed by atoms with van der Waals surface area (Å²) in [5.74, 6) is -1.89. The van der Waals surface area contributed by atoms with E-state index < -0.39 is 11.6 Å². The highest BCUT2D eigenvalue weighted by Crippen LogP contribution is 2.38. The van der Waals surface area contributed by atoms with Crippen molar-refractivity contribution in [2.75, 3.05) is 0 Å². The molecule has 7 heteroatoms. The smallest absolute Gasteiger partial charge is 0.176 e. The van der Waals surface area contributed by atoms with Crippen LogP contribution >= 0.6 is 27.7 Å². The first-order valence-corrected chi connectivity index (χ1v) is 11.0. The van der Waals surface area contributed by atoms with Crippen LogP contribution in [0.3, 0.4) is 0 Å². The SMILES string of the molecule is Fc1c(F)c(-c2ccc(-n3c4ccccc4c4ccccc43)cc2)c2nsnc2c1Br. The molecule has 150 valence electrons. The minimum Gasteiger partial charge on any atom is -0.309 e. The number of hydrogen-bond acceptors (Lipinski definition) is 3. The van der Waals surface area contributed by atoms with Crippen LogP contribution in [0.25, 0.3) is 49.7 Å². The first kappa shape index (κ1) is 18.6. The van der Waals surface area contributed by atoms with Crippen molar-refractivity contribution in [1.29, 1.82) is 0 Å². The zero-order valence-electron chi connectivity index (χ0n) is 15.8. The van der Waals surface area contributed by atoms with Gasteiger partial charge >= 0.3 is 0 Å². The maximum atomic E-state index is 14.9. The van der Waals surface area contributed by atoms with E-state index in [1.165, 1.54) is 10.8 Å². The van der Waals surface area contributed by atoms with E-state index in [0.29, 0.717) is 16.6 Å². The van der Waals surface area contributed by atoms with E-state index in [9.17, 15) is 8.78 Å². The van der Waals surface area contributed by atoms with E-state index in [1.54, 1.807) is 12.1 Å². The number of fused-ring (bicyclic) bond motifs is 4. The third-order valence-corrected chi connectivity index (χ3v) is 6.78. The number of benzene rings is 4. The van der Waals surface area contributed by atoms with E-state index >= 15 is 0 Å². The number of hydrogen-bond donors (Lipinski definition) is 0. The molecule has 6 rings (SSSR count). The summed E-state index contributed by atoms with van der Waals surface area (Å²) < 4.78 is 39.8. The molecule has 4 aromatic carbocycles. The van der Waals surface area contributed by atoms with Crippen LogP contribution in [0.2, 0.25) is 0 Å². The normalized spacial score (nSPS) is 11.7. The molecule has 0 atom stereocenters. The van der Waals surface area contributed by atoms with Crippen molar-refractivity contribution in [2.24, 2.45) is 0 Å². The van der Waals surface area contributed by atoms with Gasteiger partial charge in [-0.1, -0.05) is 48.5 Å². The number of rotatable bonds is 2. The summed E-state index contributed by atoms with van der Waals surface area (Å²) in [6.07, 6.45) is 0. The van der Waals surface area contributed by atoms with Crippen LogP contribution in [0, 0.1) is 11.6 Å². The molecule has 0 fully saturated rings. The first-order valence-electron chi connectivity index (χ1n) is 9.53. The summed E-state index contributed by atoms with van der Waals surface area (Å²) in [7, 11) is 0. The number of nitrogens with zero attached hydrogens (tertiary/aromatic N) is 3. The molecule has 6 aromatic rings. The van der Waals surface area contributed by atoms with Crippen LogP contribution < -0.4 is 0 Å². The van der Waals surface area contributed by atoms with Gasteiger partial charge in [-0.3, -0.25) is 0 Å². The van der Waals surface area contributed by atoms with Gasteiger partial charge in [0.15, 0.2) is 11.6 Å². The Balaban J connectivity index is 1.57. The zero-order valence-corrected chi connectivity index (χ0v) is 18.2. The van der Waals surface area contributed by atoms with Crippen LogP contribution in [-0.2, 0) is 0 Å². The van der Waals surface area contributed by atoms with Gasteiger partial charge in [0, 0.05) is 22.0 Å². The molecule has 3 nitrogen and oxygen atoms in total. The Morgan fingerprint density at radius 2 is 1.29 bits per heavy atom. The van der Waals surface area contributed by atoms with Crippen LogP contribution in [0.1, 0.15) is 0 Å². The molecule has 0 aliphatic carbocycles. The highest BCUT2D eigenvalue weighted by atomic mass is 79.9. The lowest BCUT2D eigenvalue weighted by molar-refractivity contribution is 0.509. The highest BCUT2D eigenvalue weighted by Gasteiger charge is 2.23. The maximum absolute atomic E-state index is 14.9. The van der Waals surface area contributed by atoms with Gasteiger partial charge in [0.1, 0.15) is 11.0 Å². The van der Waals surface area contributed by atoms with Crippen molar-refractivity contribution in [3.05, 3.63) is 88.9 Å². The largest absolute Gasteiger partial charge is 0.309 e. The molecule has 31 heavy (non-hydrogen) atoms. The van der Waals surface area contributed by atoms with Crippen molar-refractivity contribution in [1.82, 2.24) is 13.3 Å². The van der Waals surface area contributed by atoms with Crippen LogP contribution in [-0.4, -0.2) is 13.3 Å². The highest BCUT2D eigenvalue weighted by molar-refractivity contribution is 9.10. The quantitative estimate of drug-likeness (QED) is 0.235. The van der Waals surface area contributed by atoms with Crippen molar-refractivity contribution >= 4 is 60.5 Å².